The number of hydrogen-bond acceptors (Lipinski definition) is 7. The molecule has 0 saturated carbocycles. The summed E-state index contributed by atoms with van der Waals surface area (Å²) in [6.45, 7) is 3.73. The van der Waals surface area contributed by atoms with Crippen molar-refractivity contribution in [3.05, 3.63) is 24.8 Å². The van der Waals surface area contributed by atoms with E-state index in [1.165, 1.54) is 23.1 Å². The summed E-state index contributed by atoms with van der Waals surface area (Å²) in [4.78, 5) is 25.3. The second kappa shape index (κ2) is 8.51. The third kappa shape index (κ3) is 5.67. The smallest absolute Gasteiger partial charge is 0.410 e. The van der Waals surface area contributed by atoms with E-state index in [4.69, 9.17) is 10.5 Å². The summed E-state index contributed by atoms with van der Waals surface area (Å²) in [6.07, 6.45) is 5.13. The fourth-order valence-electron chi connectivity index (χ4n) is 2.21. The van der Waals surface area contributed by atoms with E-state index in [9.17, 15) is 18.0 Å². The first kappa shape index (κ1) is 19.7. The van der Waals surface area contributed by atoms with Crippen LogP contribution in [0.2, 0.25) is 0 Å². The lowest BCUT2D eigenvalue weighted by molar-refractivity contribution is -0.119. The molecule has 1 amide bonds. The Kier molecular flexibility index (Phi) is 7.30. The molecule has 1 aliphatic heterocycles. The molecule has 9 heteroatoms. The van der Waals surface area contributed by atoms with Crippen molar-refractivity contribution < 1.29 is 22.7 Å². The standard InChI is InChI=1S/C14H22N2O5S2/c1-3-6-21-14(18)16-8-10(12(17)9-22)7-11(16)4-5-13(15)23(2,19)20/h3-5,10-11,13,22H,1,6-9,15H2,2H3/t10-,11+,13?/m0/s1. The molecule has 130 valence electrons. The number of carbonyl (C=O) groups is 2. The zero-order chi connectivity index (χ0) is 17.6. The Labute approximate surface area is 141 Å². The molecule has 0 aromatic heterocycles. The van der Waals surface area contributed by atoms with Gasteiger partial charge in [0.1, 0.15) is 17.8 Å². The maximum Gasteiger partial charge on any atom is 0.410 e. The van der Waals surface area contributed by atoms with Gasteiger partial charge in [0.15, 0.2) is 9.84 Å². The van der Waals surface area contributed by atoms with Crippen molar-refractivity contribution in [2.24, 2.45) is 11.7 Å². The molecule has 0 radical (unpaired) electrons. The van der Waals surface area contributed by atoms with Gasteiger partial charge in [0.2, 0.25) is 0 Å². The number of ether oxygens (including phenoxy) is 1. The molecule has 0 aromatic rings. The molecule has 2 N–H and O–H groups in total. The Bertz CT molecular complexity index is 588. The number of likely N-dealkylation sites (tertiary alicyclic amines) is 1. The van der Waals surface area contributed by atoms with E-state index >= 15 is 0 Å². The lowest BCUT2D eigenvalue weighted by Crippen LogP contribution is -2.36. The number of nitrogens with two attached hydrogens (primary N) is 1. The number of rotatable bonds is 7. The Morgan fingerprint density at radius 2 is 2.17 bits per heavy atom. The summed E-state index contributed by atoms with van der Waals surface area (Å²) in [7, 11) is -3.42. The average Bonchev–Trinajstić information content (AvgIpc) is 2.92. The van der Waals surface area contributed by atoms with Gasteiger partial charge in [0, 0.05) is 24.5 Å². The van der Waals surface area contributed by atoms with E-state index in [-0.39, 0.29) is 30.6 Å². The van der Waals surface area contributed by atoms with Crippen LogP contribution in [0.5, 0.6) is 0 Å². The van der Waals surface area contributed by atoms with Gasteiger partial charge in [0.05, 0.1) is 6.04 Å². The van der Waals surface area contributed by atoms with Crippen LogP contribution in [0.3, 0.4) is 0 Å². The van der Waals surface area contributed by atoms with Crippen LogP contribution in [0.4, 0.5) is 4.79 Å². The van der Waals surface area contributed by atoms with Crippen molar-refractivity contribution in [2.75, 3.05) is 25.2 Å². The molecule has 7 nitrogen and oxygen atoms in total. The molecule has 1 aliphatic rings. The maximum absolute atomic E-state index is 12.1. The second-order valence-corrected chi connectivity index (χ2v) is 7.84. The van der Waals surface area contributed by atoms with E-state index < -0.39 is 27.3 Å². The number of Topliss-reactive ketones (excluding diaryl/α,β-unsaturated/α-hetero) is 1. The van der Waals surface area contributed by atoms with Crippen molar-refractivity contribution in [1.82, 2.24) is 4.90 Å². The third-order valence-electron chi connectivity index (χ3n) is 3.53. The highest BCUT2D eigenvalue weighted by Gasteiger charge is 2.37. The quantitative estimate of drug-likeness (QED) is 0.501. The summed E-state index contributed by atoms with van der Waals surface area (Å²) in [6, 6.07) is -0.450. The van der Waals surface area contributed by atoms with E-state index in [1.54, 1.807) is 0 Å². The first-order valence-electron chi connectivity index (χ1n) is 7.01. The Balaban J connectivity index is 2.90. The van der Waals surface area contributed by atoms with Gasteiger partial charge in [-0.3, -0.25) is 4.79 Å². The largest absolute Gasteiger partial charge is 0.445 e. The van der Waals surface area contributed by atoms with Crippen molar-refractivity contribution in [2.45, 2.75) is 17.8 Å². The molecule has 23 heavy (non-hydrogen) atoms. The molecule has 1 fully saturated rings. The first-order chi connectivity index (χ1) is 10.7. The second-order valence-electron chi connectivity index (χ2n) is 5.32. The first-order valence-corrected chi connectivity index (χ1v) is 9.60. The van der Waals surface area contributed by atoms with E-state index in [1.807, 2.05) is 0 Å². The summed E-state index contributed by atoms with van der Waals surface area (Å²) >= 11 is 3.97. The van der Waals surface area contributed by atoms with Crippen LogP contribution in [0, 0.1) is 5.92 Å². The number of thiol groups is 1. The van der Waals surface area contributed by atoms with Crippen LogP contribution in [0.25, 0.3) is 0 Å². The molecule has 1 heterocycles. The van der Waals surface area contributed by atoms with E-state index in [2.05, 4.69) is 19.2 Å². The zero-order valence-electron chi connectivity index (χ0n) is 12.9. The van der Waals surface area contributed by atoms with Crippen LogP contribution in [0.1, 0.15) is 6.42 Å². The SMILES string of the molecule is C=CCOC(=O)N1C[C@@H](C(=O)CS)C[C@H]1C=CC(N)S(C)(=O)=O. The fraction of sp³-hybridized carbons (Fsp3) is 0.571. The summed E-state index contributed by atoms with van der Waals surface area (Å²) in [5.41, 5.74) is 5.55. The van der Waals surface area contributed by atoms with E-state index in [0.29, 0.717) is 6.42 Å². The minimum absolute atomic E-state index is 0.0554. The molecular formula is C14H22N2O5S2. The molecule has 0 spiro atoms. The van der Waals surface area contributed by atoms with Gasteiger partial charge in [-0.15, -0.1) is 0 Å². The van der Waals surface area contributed by atoms with Crippen molar-refractivity contribution in [1.29, 1.82) is 0 Å². The van der Waals surface area contributed by atoms with Gasteiger partial charge in [0.25, 0.3) is 0 Å². The average molecular weight is 362 g/mol. The number of sulfone groups is 1. The molecule has 1 unspecified atom stereocenters. The molecule has 1 rings (SSSR count). The highest BCUT2D eigenvalue weighted by Crippen LogP contribution is 2.26. The number of ketones is 1. The molecule has 0 aromatic carbocycles. The van der Waals surface area contributed by atoms with Gasteiger partial charge >= 0.3 is 6.09 Å². The van der Waals surface area contributed by atoms with Crippen LogP contribution in [-0.4, -0.2) is 61.8 Å². The van der Waals surface area contributed by atoms with Gasteiger partial charge in [-0.1, -0.05) is 24.8 Å². The van der Waals surface area contributed by atoms with Gasteiger partial charge in [-0.2, -0.15) is 12.6 Å². The Hall–Kier alpha value is -1.32. The van der Waals surface area contributed by atoms with Crippen LogP contribution in [-0.2, 0) is 19.4 Å². The van der Waals surface area contributed by atoms with Crippen LogP contribution < -0.4 is 5.73 Å². The van der Waals surface area contributed by atoms with E-state index in [0.717, 1.165) is 6.26 Å². The summed E-state index contributed by atoms with van der Waals surface area (Å²) in [5, 5.41) is -1.16. The molecule has 0 aliphatic carbocycles. The minimum Gasteiger partial charge on any atom is -0.445 e. The molecular weight excluding hydrogens is 340 g/mol. The lowest BCUT2D eigenvalue weighted by Gasteiger charge is -2.21. The van der Waals surface area contributed by atoms with Gasteiger partial charge in [-0.05, 0) is 6.42 Å². The number of amides is 1. The summed E-state index contributed by atoms with van der Waals surface area (Å²) < 4.78 is 27.7. The normalized spacial score (nSPS) is 23.0. The minimum atomic E-state index is -3.42. The van der Waals surface area contributed by atoms with Crippen molar-refractivity contribution in [3.63, 3.8) is 0 Å². The molecule has 0 bridgehead atoms. The zero-order valence-corrected chi connectivity index (χ0v) is 14.6. The van der Waals surface area contributed by atoms with Crippen molar-refractivity contribution in [3.8, 4) is 0 Å². The summed E-state index contributed by atoms with van der Waals surface area (Å²) in [5.74, 6) is -0.342. The van der Waals surface area contributed by atoms with Crippen LogP contribution >= 0.6 is 12.6 Å². The maximum atomic E-state index is 12.1. The third-order valence-corrected chi connectivity index (χ3v) is 4.99. The predicted molar refractivity (Wildman–Crippen MR) is 91.0 cm³/mol. The van der Waals surface area contributed by atoms with Gasteiger partial charge in [-0.25, -0.2) is 13.2 Å². The topological polar surface area (TPSA) is 107 Å². The number of hydrogen-bond donors (Lipinski definition) is 2. The number of carbonyl (C=O) groups excluding carboxylic acids is 2. The van der Waals surface area contributed by atoms with Gasteiger partial charge < -0.3 is 15.4 Å². The Morgan fingerprint density at radius 1 is 1.52 bits per heavy atom. The molecule has 1 saturated heterocycles. The fourth-order valence-corrected chi connectivity index (χ4v) is 2.85. The number of nitrogens with zero attached hydrogens (tertiary/aromatic N) is 1. The highest BCUT2D eigenvalue weighted by molar-refractivity contribution is 7.91. The van der Waals surface area contributed by atoms with Crippen molar-refractivity contribution >= 4 is 34.3 Å². The predicted octanol–water partition coefficient (Wildman–Crippen LogP) is 0.384. The highest BCUT2D eigenvalue weighted by atomic mass is 32.2. The lowest BCUT2D eigenvalue weighted by atomic mass is 10.0. The Morgan fingerprint density at radius 3 is 2.70 bits per heavy atom. The monoisotopic (exact) mass is 362 g/mol. The molecule has 3 atom stereocenters. The van der Waals surface area contributed by atoms with Crippen LogP contribution in [0.15, 0.2) is 24.8 Å².